The van der Waals surface area contributed by atoms with E-state index in [2.05, 4.69) is 34.2 Å². The van der Waals surface area contributed by atoms with Crippen LogP contribution in [0.1, 0.15) is 13.8 Å². The molecule has 0 aliphatic carbocycles. The molecule has 0 radical (unpaired) electrons. The Bertz CT molecular complexity index is 751. The Morgan fingerprint density at radius 1 is 1.19 bits per heavy atom. The third-order valence-corrected chi connectivity index (χ3v) is 3.25. The van der Waals surface area contributed by atoms with Crippen LogP contribution in [-0.2, 0) is 0 Å². The van der Waals surface area contributed by atoms with Gasteiger partial charge in [0.15, 0.2) is 5.65 Å². The van der Waals surface area contributed by atoms with Gasteiger partial charge in [-0.25, -0.2) is 4.68 Å². The van der Waals surface area contributed by atoms with E-state index < -0.39 is 0 Å². The lowest BCUT2D eigenvalue weighted by Crippen LogP contribution is -2.10. The van der Waals surface area contributed by atoms with Crippen LogP contribution in [0.15, 0.2) is 36.5 Å². The molecule has 6 heteroatoms. The van der Waals surface area contributed by atoms with Crippen molar-refractivity contribution in [1.29, 1.82) is 0 Å². The summed E-state index contributed by atoms with van der Waals surface area (Å²) in [6, 6.07) is 9.84. The topological polar surface area (TPSA) is 55.6 Å². The molecule has 2 heterocycles. The fourth-order valence-electron chi connectivity index (χ4n) is 2.08. The van der Waals surface area contributed by atoms with Gasteiger partial charge in [0.25, 0.3) is 0 Å². The van der Waals surface area contributed by atoms with E-state index in [4.69, 9.17) is 11.6 Å². The van der Waals surface area contributed by atoms with Crippen molar-refractivity contribution in [2.24, 2.45) is 5.92 Å². The molecule has 0 aliphatic rings. The number of para-hydroxylation sites is 1. The molecule has 0 spiro atoms. The minimum Gasteiger partial charge on any atom is -0.369 e. The number of hydrogen-bond donors (Lipinski definition) is 1. The SMILES string of the molecule is CC(C)CNc1nc(Cl)nc2c1cnn2-c1ccccc1. The van der Waals surface area contributed by atoms with Gasteiger partial charge in [-0.05, 0) is 29.7 Å². The predicted octanol–water partition coefficient (Wildman–Crippen LogP) is 3.54. The molecule has 2 aromatic heterocycles. The Labute approximate surface area is 128 Å². The maximum atomic E-state index is 6.05. The highest BCUT2D eigenvalue weighted by Crippen LogP contribution is 2.24. The fraction of sp³-hybridized carbons (Fsp3) is 0.267. The van der Waals surface area contributed by atoms with Gasteiger partial charge < -0.3 is 5.32 Å². The predicted molar refractivity (Wildman–Crippen MR) is 85.0 cm³/mol. The minimum absolute atomic E-state index is 0.214. The largest absolute Gasteiger partial charge is 0.369 e. The molecule has 0 atom stereocenters. The highest BCUT2D eigenvalue weighted by Gasteiger charge is 2.13. The zero-order valence-corrected chi connectivity index (χ0v) is 12.7. The number of rotatable bonds is 4. The van der Waals surface area contributed by atoms with Crippen molar-refractivity contribution in [3.63, 3.8) is 0 Å². The van der Waals surface area contributed by atoms with E-state index in [-0.39, 0.29) is 5.28 Å². The number of nitrogens with zero attached hydrogens (tertiary/aromatic N) is 4. The van der Waals surface area contributed by atoms with Crippen LogP contribution in [0.4, 0.5) is 5.82 Å². The summed E-state index contributed by atoms with van der Waals surface area (Å²) in [5, 5.41) is 8.79. The molecule has 0 saturated carbocycles. The van der Waals surface area contributed by atoms with Crippen molar-refractivity contribution in [2.45, 2.75) is 13.8 Å². The van der Waals surface area contributed by atoms with E-state index in [1.807, 2.05) is 30.3 Å². The van der Waals surface area contributed by atoms with E-state index in [0.717, 1.165) is 23.4 Å². The molecule has 5 nitrogen and oxygen atoms in total. The summed E-state index contributed by atoms with van der Waals surface area (Å²) in [7, 11) is 0. The number of halogens is 1. The first-order chi connectivity index (χ1) is 10.1. The third kappa shape index (κ3) is 2.83. The first-order valence-corrected chi connectivity index (χ1v) is 7.23. The standard InChI is InChI=1S/C15H16ClN5/c1-10(2)8-17-13-12-9-18-21(11-6-4-3-5-7-11)14(12)20-15(16)19-13/h3-7,9-10H,8H2,1-2H3,(H,17,19,20). The van der Waals surface area contributed by atoms with Gasteiger partial charge in [0.1, 0.15) is 5.82 Å². The van der Waals surface area contributed by atoms with Crippen molar-refractivity contribution in [3.8, 4) is 5.69 Å². The molecule has 0 unspecified atom stereocenters. The lowest BCUT2D eigenvalue weighted by molar-refractivity contribution is 0.687. The molecule has 0 amide bonds. The van der Waals surface area contributed by atoms with E-state index >= 15 is 0 Å². The Balaban J connectivity index is 2.10. The number of nitrogens with one attached hydrogen (secondary N) is 1. The van der Waals surface area contributed by atoms with Gasteiger partial charge in [-0.2, -0.15) is 15.1 Å². The van der Waals surface area contributed by atoms with Gasteiger partial charge in [-0.3, -0.25) is 0 Å². The Hall–Kier alpha value is -2.14. The molecule has 3 aromatic rings. The van der Waals surface area contributed by atoms with E-state index in [9.17, 15) is 0 Å². The second kappa shape index (κ2) is 5.69. The summed E-state index contributed by atoms with van der Waals surface area (Å²) in [6.45, 7) is 5.10. The first-order valence-electron chi connectivity index (χ1n) is 6.85. The Morgan fingerprint density at radius 2 is 1.95 bits per heavy atom. The second-order valence-electron chi connectivity index (χ2n) is 5.25. The van der Waals surface area contributed by atoms with Gasteiger partial charge >= 0.3 is 0 Å². The minimum atomic E-state index is 0.214. The smallest absolute Gasteiger partial charge is 0.226 e. The van der Waals surface area contributed by atoms with Crippen molar-refractivity contribution in [3.05, 3.63) is 41.8 Å². The zero-order valence-electron chi connectivity index (χ0n) is 11.9. The third-order valence-electron chi connectivity index (χ3n) is 3.08. The van der Waals surface area contributed by atoms with Gasteiger partial charge in [0.2, 0.25) is 5.28 Å². The molecule has 0 bridgehead atoms. The van der Waals surface area contributed by atoms with Crippen molar-refractivity contribution in [2.75, 3.05) is 11.9 Å². The maximum absolute atomic E-state index is 6.05. The number of aromatic nitrogens is 4. The lowest BCUT2D eigenvalue weighted by Gasteiger charge is -2.09. The molecule has 0 fully saturated rings. The van der Waals surface area contributed by atoms with Crippen molar-refractivity contribution in [1.82, 2.24) is 19.7 Å². The molecular weight excluding hydrogens is 286 g/mol. The van der Waals surface area contributed by atoms with Gasteiger partial charge in [0.05, 0.1) is 17.3 Å². The van der Waals surface area contributed by atoms with Gasteiger partial charge in [0, 0.05) is 6.54 Å². The average Bonchev–Trinajstić information content (AvgIpc) is 2.89. The lowest BCUT2D eigenvalue weighted by atomic mass is 10.2. The highest BCUT2D eigenvalue weighted by atomic mass is 35.5. The van der Waals surface area contributed by atoms with E-state index in [1.165, 1.54) is 0 Å². The van der Waals surface area contributed by atoms with Crippen LogP contribution >= 0.6 is 11.6 Å². The van der Waals surface area contributed by atoms with Crippen LogP contribution < -0.4 is 5.32 Å². The monoisotopic (exact) mass is 301 g/mol. The van der Waals surface area contributed by atoms with Crippen LogP contribution in [-0.4, -0.2) is 26.3 Å². The molecule has 21 heavy (non-hydrogen) atoms. The molecule has 0 saturated heterocycles. The van der Waals surface area contributed by atoms with Crippen molar-refractivity contribution < 1.29 is 0 Å². The van der Waals surface area contributed by atoms with Crippen LogP contribution in [0.3, 0.4) is 0 Å². The normalized spacial score (nSPS) is 11.2. The molecule has 0 aliphatic heterocycles. The molecule has 1 aromatic carbocycles. The molecule has 3 rings (SSSR count). The van der Waals surface area contributed by atoms with Crippen LogP contribution in [0.25, 0.3) is 16.7 Å². The zero-order chi connectivity index (χ0) is 14.8. The molecule has 1 N–H and O–H groups in total. The van der Waals surface area contributed by atoms with Crippen LogP contribution in [0, 0.1) is 5.92 Å². The van der Waals surface area contributed by atoms with Crippen LogP contribution in [0.2, 0.25) is 5.28 Å². The van der Waals surface area contributed by atoms with Crippen molar-refractivity contribution >= 4 is 28.5 Å². The Kier molecular flexibility index (Phi) is 3.75. The van der Waals surface area contributed by atoms with Gasteiger partial charge in [-0.15, -0.1) is 0 Å². The number of hydrogen-bond acceptors (Lipinski definition) is 4. The van der Waals surface area contributed by atoms with Crippen LogP contribution in [0.5, 0.6) is 0 Å². The molecular formula is C15H16ClN5. The summed E-state index contributed by atoms with van der Waals surface area (Å²) < 4.78 is 1.77. The fourth-order valence-corrected chi connectivity index (χ4v) is 2.24. The average molecular weight is 302 g/mol. The summed E-state index contributed by atoms with van der Waals surface area (Å²) in [4.78, 5) is 8.58. The highest BCUT2D eigenvalue weighted by molar-refractivity contribution is 6.28. The first kappa shape index (κ1) is 13.8. The Morgan fingerprint density at radius 3 is 2.67 bits per heavy atom. The number of fused-ring (bicyclic) bond motifs is 1. The summed E-state index contributed by atoms with van der Waals surface area (Å²) in [6.07, 6.45) is 1.77. The maximum Gasteiger partial charge on any atom is 0.226 e. The summed E-state index contributed by atoms with van der Waals surface area (Å²) in [5.41, 5.74) is 1.64. The number of anilines is 1. The van der Waals surface area contributed by atoms with E-state index in [1.54, 1.807) is 10.9 Å². The van der Waals surface area contributed by atoms with Gasteiger partial charge in [-0.1, -0.05) is 32.0 Å². The summed E-state index contributed by atoms with van der Waals surface area (Å²) >= 11 is 6.05. The number of benzene rings is 1. The summed E-state index contributed by atoms with van der Waals surface area (Å²) in [5.74, 6) is 1.24. The van der Waals surface area contributed by atoms with E-state index in [0.29, 0.717) is 11.6 Å². The molecule has 108 valence electrons. The quantitative estimate of drug-likeness (QED) is 0.749. The second-order valence-corrected chi connectivity index (χ2v) is 5.58.